The van der Waals surface area contributed by atoms with Gasteiger partial charge in [-0.25, -0.2) is 0 Å². The zero-order chi connectivity index (χ0) is 9.84. The lowest BCUT2D eigenvalue weighted by Crippen LogP contribution is -2.36. The average Bonchev–Trinajstić information content (AvgIpc) is 2.47. The van der Waals surface area contributed by atoms with Gasteiger partial charge in [0.2, 0.25) is 0 Å². The molecule has 0 saturated carbocycles. The number of hydrogen-bond donors (Lipinski definition) is 3. The molecule has 13 heavy (non-hydrogen) atoms. The second kappa shape index (κ2) is 4.59. The molecule has 1 atom stereocenters. The molecule has 0 aliphatic heterocycles. The van der Waals surface area contributed by atoms with E-state index in [0.29, 0.717) is 0 Å². The summed E-state index contributed by atoms with van der Waals surface area (Å²) in [6, 6.07) is 1.01. The number of carboxylic acids is 1. The van der Waals surface area contributed by atoms with Crippen LogP contribution < -0.4 is 11.1 Å². The van der Waals surface area contributed by atoms with Gasteiger partial charge < -0.3 is 16.2 Å². The summed E-state index contributed by atoms with van der Waals surface area (Å²) in [4.78, 5) is 10.4. The van der Waals surface area contributed by atoms with Crippen LogP contribution in [-0.2, 0) is 4.79 Å². The molecule has 0 aliphatic carbocycles. The van der Waals surface area contributed by atoms with Crippen LogP contribution in [0.25, 0.3) is 0 Å². The van der Waals surface area contributed by atoms with E-state index in [2.05, 4.69) is 21.2 Å². The fourth-order valence-corrected chi connectivity index (χ4v) is 2.03. The maximum Gasteiger partial charge on any atom is 0.322 e. The Morgan fingerprint density at radius 1 is 1.85 bits per heavy atom. The minimum atomic E-state index is -0.997. The molecule has 0 fully saturated rings. The number of rotatable bonds is 4. The summed E-state index contributed by atoms with van der Waals surface area (Å²) in [5.41, 5.74) is 5.30. The molecular weight excluding hydrogens is 256 g/mol. The van der Waals surface area contributed by atoms with Gasteiger partial charge in [-0.05, 0) is 22.0 Å². The van der Waals surface area contributed by atoms with E-state index in [0.717, 1.165) is 9.47 Å². The van der Waals surface area contributed by atoms with Crippen LogP contribution in [0.3, 0.4) is 0 Å². The summed E-state index contributed by atoms with van der Waals surface area (Å²) in [5.74, 6) is -0.997. The third kappa shape index (κ3) is 3.33. The van der Waals surface area contributed by atoms with Crippen molar-refractivity contribution in [3.8, 4) is 0 Å². The molecule has 1 rings (SSSR count). The predicted molar refractivity (Wildman–Crippen MR) is 56.1 cm³/mol. The van der Waals surface area contributed by atoms with E-state index in [1.807, 2.05) is 11.4 Å². The summed E-state index contributed by atoms with van der Waals surface area (Å²) in [6.07, 6.45) is 0. The highest BCUT2D eigenvalue weighted by atomic mass is 79.9. The maximum atomic E-state index is 10.4. The Hall–Kier alpha value is -0.590. The lowest BCUT2D eigenvalue weighted by molar-refractivity contribution is -0.138. The molecule has 0 saturated heterocycles. The molecule has 1 unspecified atom stereocenters. The van der Waals surface area contributed by atoms with Crippen LogP contribution in [0.2, 0.25) is 0 Å². The number of nitrogens with one attached hydrogen (secondary N) is 1. The Labute approximate surface area is 87.9 Å². The third-order valence-corrected chi connectivity index (χ3v) is 3.03. The number of aliphatic carboxylic acids is 1. The van der Waals surface area contributed by atoms with Crippen molar-refractivity contribution in [3.05, 3.63) is 15.9 Å². The highest BCUT2D eigenvalue weighted by Gasteiger charge is 2.10. The molecule has 1 heterocycles. The van der Waals surface area contributed by atoms with Crippen LogP contribution in [0.4, 0.5) is 5.00 Å². The van der Waals surface area contributed by atoms with Crippen LogP contribution in [-0.4, -0.2) is 23.7 Å². The Kier molecular flexibility index (Phi) is 3.71. The van der Waals surface area contributed by atoms with E-state index in [4.69, 9.17) is 10.8 Å². The van der Waals surface area contributed by atoms with Gasteiger partial charge in [-0.2, -0.15) is 0 Å². The van der Waals surface area contributed by atoms with E-state index in [-0.39, 0.29) is 6.54 Å². The zero-order valence-electron chi connectivity index (χ0n) is 6.66. The predicted octanol–water partition coefficient (Wildman–Crippen LogP) is 1.33. The largest absolute Gasteiger partial charge is 0.480 e. The Balaban J connectivity index is 2.39. The van der Waals surface area contributed by atoms with Crippen molar-refractivity contribution >= 4 is 38.2 Å². The first-order valence-corrected chi connectivity index (χ1v) is 5.23. The summed E-state index contributed by atoms with van der Waals surface area (Å²) in [7, 11) is 0. The lowest BCUT2D eigenvalue weighted by atomic mass is 10.3. The second-order valence-electron chi connectivity index (χ2n) is 2.45. The van der Waals surface area contributed by atoms with E-state index >= 15 is 0 Å². The maximum absolute atomic E-state index is 10.4. The highest BCUT2D eigenvalue weighted by molar-refractivity contribution is 9.10. The molecule has 4 N–H and O–H groups in total. The summed E-state index contributed by atoms with van der Waals surface area (Å²) in [5, 5.41) is 14.2. The molecule has 0 spiro atoms. The second-order valence-corrected chi connectivity index (χ2v) is 4.28. The fraction of sp³-hybridized carbons (Fsp3) is 0.286. The van der Waals surface area contributed by atoms with Crippen LogP contribution in [0.15, 0.2) is 15.9 Å². The average molecular weight is 265 g/mol. The molecule has 0 bridgehead atoms. The first-order chi connectivity index (χ1) is 6.09. The van der Waals surface area contributed by atoms with Crippen molar-refractivity contribution < 1.29 is 9.90 Å². The summed E-state index contributed by atoms with van der Waals surface area (Å²) < 4.78 is 0.976. The SMILES string of the molecule is NC(CNc1cc(Br)cs1)C(=O)O. The van der Waals surface area contributed by atoms with Gasteiger partial charge in [-0.3, -0.25) is 4.79 Å². The first-order valence-electron chi connectivity index (χ1n) is 3.56. The van der Waals surface area contributed by atoms with Crippen LogP contribution in [0, 0.1) is 0 Å². The van der Waals surface area contributed by atoms with E-state index in [9.17, 15) is 4.79 Å². The number of carbonyl (C=O) groups is 1. The van der Waals surface area contributed by atoms with Crippen molar-refractivity contribution in [1.82, 2.24) is 0 Å². The molecule has 6 heteroatoms. The molecule has 4 nitrogen and oxygen atoms in total. The van der Waals surface area contributed by atoms with Crippen molar-refractivity contribution in [2.45, 2.75) is 6.04 Å². The molecule has 1 aromatic heterocycles. The van der Waals surface area contributed by atoms with Crippen LogP contribution in [0.5, 0.6) is 0 Å². The van der Waals surface area contributed by atoms with Gasteiger partial charge in [0.1, 0.15) is 6.04 Å². The number of thiophene rings is 1. The highest BCUT2D eigenvalue weighted by Crippen LogP contribution is 2.24. The van der Waals surface area contributed by atoms with E-state index < -0.39 is 12.0 Å². The number of carboxylic acid groups (broad SMARTS) is 1. The monoisotopic (exact) mass is 264 g/mol. The van der Waals surface area contributed by atoms with Crippen molar-refractivity contribution in [1.29, 1.82) is 0 Å². The zero-order valence-corrected chi connectivity index (χ0v) is 9.06. The van der Waals surface area contributed by atoms with Gasteiger partial charge >= 0.3 is 5.97 Å². The minimum Gasteiger partial charge on any atom is -0.480 e. The van der Waals surface area contributed by atoms with Gasteiger partial charge in [0.25, 0.3) is 0 Å². The molecule has 1 aromatic rings. The van der Waals surface area contributed by atoms with E-state index in [1.165, 1.54) is 11.3 Å². The standard InChI is InChI=1S/C7H9BrN2O2S/c8-4-1-6(13-3-4)10-2-5(9)7(11)12/h1,3,5,10H,2,9H2,(H,11,12). The van der Waals surface area contributed by atoms with Crippen LogP contribution >= 0.6 is 27.3 Å². The first kappa shape index (κ1) is 10.5. The normalized spacial score (nSPS) is 12.5. The van der Waals surface area contributed by atoms with Crippen LogP contribution in [0.1, 0.15) is 0 Å². The third-order valence-electron chi connectivity index (χ3n) is 1.38. The van der Waals surface area contributed by atoms with Gasteiger partial charge in [0, 0.05) is 16.4 Å². The lowest BCUT2D eigenvalue weighted by Gasteiger charge is -2.06. The van der Waals surface area contributed by atoms with Crippen molar-refractivity contribution in [2.75, 3.05) is 11.9 Å². The van der Waals surface area contributed by atoms with Gasteiger partial charge in [-0.1, -0.05) is 0 Å². The molecule has 0 aliphatic rings. The quantitative estimate of drug-likeness (QED) is 0.767. The Bertz CT molecular complexity index is 302. The Morgan fingerprint density at radius 3 is 3.00 bits per heavy atom. The summed E-state index contributed by atoms with van der Waals surface area (Å²) >= 11 is 4.79. The fourth-order valence-electron chi connectivity index (χ4n) is 0.704. The topological polar surface area (TPSA) is 75.3 Å². The molecule has 0 amide bonds. The van der Waals surface area contributed by atoms with E-state index in [1.54, 1.807) is 0 Å². The number of nitrogens with two attached hydrogens (primary N) is 1. The molecule has 0 radical (unpaired) electrons. The molecular formula is C7H9BrN2O2S. The van der Waals surface area contributed by atoms with Crippen molar-refractivity contribution in [3.63, 3.8) is 0 Å². The van der Waals surface area contributed by atoms with Gasteiger partial charge in [0.05, 0.1) is 5.00 Å². The van der Waals surface area contributed by atoms with Gasteiger partial charge in [-0.15, -0.1) is 11.3 Å². The molecule has 0 aromatic carbocycles. The Morgan fingerprint density at radius 2 is 2.54 bits per heavy atom. The smallest absolute Gasteiger partial charge is 0.322 e. The number of anilines is 1. The summed E-state index contributed by atoms with van der Waals surface area (Å²) in [6.45, 7) is 0.238. The number of halogens is 1. The minimum absolute atomic E-state index is 0.238. The number of hydrogen-bond acceptors (Lipinski definition) is 4. The van der Waals surface area contributed by atoms with Gasteiger partial charge in [0.15, 0.2) is 0 Å². The molecule has 72 valence electrons. The van der Waals surface area contributed by atoms with Crippen molar-refractivity contribution in [2.24, 2.45) is 5.73 Å².